The van der Waals surface area contributed by atoms with Gasteiger partial charge in [-0.25, -0.2) is 0 Å². The molecule has 152 valence electrons. The maximum Gasteiger partial charge on any atom is 0.233 e. The highest BCUT2D eigenvalue weighted by atomic mass is 16.5. The summed E-state index contributed by atoms with van der Waals surface area (Å²) in [4.78, 5) is 17.1. The summed E-state index contributed by atoms with van der Waals surface area (Å²) in [7, 11) is 0. The number of benzene rings is 1. The molecule has 2 heterocycles. The maximum atomic E-state index is 12.9. The van der Waals surface area contributed by atoms with Crippen LogP contribution in [0.1, 0.15) is 39.7 Å². The average molecular weight is 386 g/mol. The zero-order valence-corrected chi connectivity index (χ0v) is 17.4. The molecule has 0 aliphatic carbocycles. The highest BCUT2D eigenvalue weighted by molar-refractivity contribution is 5.79. The van der Waals surface area contributed by atoms with Crippen molar-refractivity contribution in [3.05, 3.63) is 35.9 Å². The lowest BCUT2D eigenvalue weighted by Gasteiger charge is -2.32. The summed E-state index contributed by atoms with van der Waals surface area (Å²) in [5.74, 6) is 0.857. The predicted molar refractivity (Wildman–Crippen MR) is 110 cm³/mol. The zero-order chi connectivity index (χ0) is 20.1. The monoisotopic (exact) mass is 385 g/mol. The topological polar surface area (TPSA) is 58.8 Å². The number of anilines is 1. The van der Waals surface area contributed by atoms with E-state index in [0.29, 0.717) is 19.8 Å². The number of aromatic nitrogens is 1. The standard InChI is InChI=1S/C22H31N3O3/c1-5-17(4)25(21(26)16(2)3)15-19-20(18-9-7-6-8-10-18)23-28-22(19)24-11-13-27-14-12-24/h6-10,16-17H,5,11-15H2,1-4H3/t17-/m0/s1. The summed E-state index contributed by atoms with van der Waals surface area (Å²) in [5.41, 5.74) is 2.79. The molecule has 6 nitrogen and oxygen atoms in total. The van der Waals surface area contributed by atoms with Gasteiger partial charge in [-0.2, -0.15) is 0 Å². The molecule has 0 radical (unpaired) electrons. The molecular formula is C22H31N3O3. The fourth-order valence-corrected chi connectivity index (χ4v) is 3.45. The molecular weight excluding hydrogens is 354 g/mol. The summed E-state index contributed by atoms with van der Waals surface area (Å²) < 4.78 is 11.3. The molecule has 0 unspecified atom stereocenters. The maximum absolute atomic E-state index is 12.9. The van der Waals surface area contributed by atoms with Crippen molar-refractivity contribution in [1.29, 1.82) is 0 Å². The summed E-state index contributed by atoms with van der Waals surface area (Å²) in [6.07, 6.45) is 0.900. The van der Waals surface area contributed by atoms with E-state index >= 15 is 0 Å². The first kappa shape index (κ1) is 20.4. The predicted octanol–water partition coefficient (Wildman–Crippen LogP) is 3.96. The van der Waals surface area contributed by atoms with Crippen LogP contribution in [0.5, 0.6) is 0 Å². The smallest absolute Gasteiger partial charge is 0.233 e. The van der Waals surface area contributed by atoms with Gasteiger partial charge >= 0.3 is 0 Å². The Morgan fingerprint density at radius 3 is 2.46 bits per heavy atom. The van der Waals surface area contributed by atoms with Crippen molar-refractivity contribution in [1.82, 2.24) is 10.1 Å². The van der Waals surface area contributed by atoms with Crippen LogP contribution in [0.2, 0.25) is 0 Å². The molecule has 1 saturated heterocycles. The molecule has 0 bridgehead atoms. The molecule has 1 aromatic heterocycles. The van der Waals surface area contributed by atoms with E-state index in [1.54, 1.807) is 0 Å². The molecule has 1 fully saturated rings. The molecule has 2 aromatic rings. The third-order valence-electron chi connectivity index (χ3n) is 5.34. The van der Waals surface area contributed by atoms with Crippen LogP contribution < -0.4 is 4.90 Å². The van der Waals surface area contributed by atoms with Crippen LogP contribution in [0, 0.1) is 5.92 Å². The molecule has 6 heteroatoms. The summed E-state index contributed by atoms with van der Waals surface area (Å²) in [6, 6.07) is 10.2. The summed E-state index contributed by atoms with van der Waals surface area (Å²) in [5, 5.41) is 4.41. The van der Waals surface area contributed by atoms with Crippen molar-refractivity contribution in [3.63, 3.8) is 0 Å². The van der Waals surface area contributed by atoms with Gasteiger partial charge in [0.1, 0.15) is 5.69 Å². The van der Waals surface area contributed by atoms with E-state index in [9.17, 15) is 4.79 Å². The third-order valence-corrected chi connectivity index (χ3v) is 5.34. The molecule has 1 amide bonds. The Bertz CT molecular complexity index is 767. The molecule has 1 atom stereocenters. The van der Waals surface area contributed by atoms with Gasteiger partial charge in [0, 0.05) is 30.6 Å². The van der Waals surface area contributed by atoms with E-state index in [-0.39, 0.29) is 17.9 Å². The van der Waals surface area contributed by atoms with E-state index in [1.807, 2.05) is 49.1 Å². The first-order chi connectivity index (χ1) is 13.5. The van der Waals surface area contributed by atoms with Crippen molar-refractivity contribution in [2.75, 3.05) is 31.2 Å². The summed E-state index contributed by atoms with van der Waals surface area (Å²) in [6.45, 7) is 11.5. The Morgan fingerprint density at radius 2 is 1.86 bits per heavy atom. The Balaban J connectivity index is 2.02. The average Bonchev–Trinajstić information content (AvgIpc) is 3.15. The van der Waals surface area contributed by atoms with Gasteiger partial charge in [0.25, 0.3) is 0 Å². The van der Waals surface area contributed by atoms with Crippen molar-refractivity contribution in [3.8, 4) is 11.3 Å². The van der Waals surface area contributed by atoms with Gasteiger partial charge in [0.05, 0.1) is 25.3 Å². The molecule has 0 N–H and O–H groups in total. The Labute approximate surface area is 167 Å². The third kappa shape index (κ3) is 4.38. The van der Waals surface area contributed by atoms with Crippen LogP contribution in [0.25, 0.3) is 11.3 Å². The normalized spacial score (nSPS) is 15.7. The quantitative estimate of drug-likeness (QED) is 0.722. The van der Waals surface area contributed by atoms with Gasteiger partial charge in [-0.1, -0.05) is 56.3 Å². The van der Waals surface area contributed by atoms with Gasteiger partial charge in [-0.05, 0) is 13.3 Å². The number of carbonyl (C=O) groups excluding carboxylic acids is 1. The Kier molecular flexibility index (Phi) is 6.73. The number of hydrogen-bond acceptors (Lipinski definition) is 5. The number of ether oxygens (including phenoxy) is 1. The van der Waals surface area contributed by atoms with Gasteiger partial charge in [-0.15, -0.1) is 0 Å². The number of hydrogen-bond donors (Lipinski definition) is 0. The van der Waals surface area contributed by atoms with Crippen LogP contribution in [-0.4, -0.2) is 48.3 Å². The minimum absolute atomic E-state index is 0.0547. The van der Waals surface area contributed by atoms with Crippen LogP contribution in [0.4, 0.5) is 5.88 Å². The number of amides is 1. The van der Waals surface area contributed by atoms with E-state index in [4.69, 9.17) is 9.26 Å². The van der Waals surface area contributed by atoms with Crippen molar-refractivity contribution < 1.29 is 14.1 Å². The SMILES string of the molecule is CC[C@H](C)N(Cc1c(-c2ccccc2)noc1N1CCOCC1)C(=O)C(C)C. The highest BCUT2D eigenvalue weighted by Gasteiger charge is 2.29. The van der Waals surface area contributed by atoms with E-state index in [2.05, 4.69) is 23.9 Å². The molecule has 3 rings (SSSR count). The lowest BCUT2D eigenvalue weighted by atomic mass is 10.0. The van der Waals surface area contributed by atoms with Crippen LogP contribution in [-0.2, 0) is 16.1 Å². The number of nitrogens with zero attached hydrogens (tertiary/aromatic N) is 3. The van der Waals surface area contributed by atoms with Gasteiger partial charge < -0.3 is 19.1 Å². The van der Waals surface area contributed by atoms with Gasteiger partial charge in [-0.3, -0.25) is 4.79 Å². The molecule has 0 saturated carbocycles. The molecule has 1 aromatic carbocycles. The number of carbonyl (C=O) groups is 1. The van der Waals surface area contributed by atoms with E-state index < -0.39 is 0 Å². The van der Waals surface area contributed by atoms with Crippen LogP contribution in [0.15, 0.2) is 34.9 Å². The molecule has 28 heavy (non-hydrogen) atoms. The summed E-state index contributed by atoms with van der Waals surface area (Å²) >= 11 is 0. The van der Waals surface area contributed by atoms with Crippen LogP contribution >= 0.6 is 0 Å². The number of rotatable bonds is 7. The lowest BCUT2D eigenvalue weighted by Crippen LogP contribution is -2.41. The zero-order valence-electron chi connectivity index (χ0n) is 17.4. The van der Waals surface area contributed by atoms with Crippen molar-refractivity contribution in [2.24, 2.45) is 5.92 Å². The van der Waals surface area contributed by atoms with Crippen LogP contribution in [0.3, 0.4) is 0 Å². The number of morpholine rings is 1. The van der Waals surface area contributed by atoms with Crippen molar-refractivity contribution in [2.45, 2.75) is 46.7 Å². The molecule has 1 aliphatic rings. The fourth-order valence-electron chi connectivity index (χ4n) is 3.45. The van der Waals surface area contributed by atoms with Gasteiger partial charge in [0.15, 0.2) is 0 Å². The Morgan fingerprint density at radius 1 is 1.18 bits per heavy atom. The first-order valence-corrected chi connectivity index (χ1v) is 10.2. The molecule has 0 spiro atoms. The fraction of sp³-hybridized carbons (Fsp3) is 0.545. The molecule has 1 aliphatic heterocycles. The Hall–Kier alpha value is -2.34. The largest absolute Gasteiger partial charge is 0.378 e. The first-order valence-electron chi connectivity index (χ1n) is 10.2. The second-order valence-electron chi connectivity index (χ2n) is 7.66. The second kappa shape index (κ2) is 9.24. The van der Waals surface area contributed by atoms with Gasteiger partial charge in [0.2, 0.25) is 11.8 Å². The second-order valence-corrected chi connectivity index (χ2v) is 7.66. The van der Waals surface area contributed by atoms with E-state index in [1.165, 1.54) is 0 Å². The minimum Gasteiger partial charge on any atom is -0.378 e. The minimum atomic E-state index is -0.0547. The van der Waals surface area contributed by atoms with Crippen molar-refractivity contribution >= 4 is 11.8 Å². The lowest BCUT2D eigenvalue weighted by molar-refractivity contribution is -0.137. The van der Waals surface area contributed by atoms with E-state index in [0.717, 1.165) is 42.2 Å². The highest BCUT2D eigenvalue weighted by Crippen LogP contribution is 2.33.